The van der Waals surface area contributed by atoms with E-state index in [-0.39, 0.29) is 25.0 Å². The van der Waals surface area contributed by atoms with Crippen molar-refractivity contribution in [1.82, 2.24) is 14.7 Å². The van der Waals surface area contributed by atoms with Gasteiger partial charge in [-0.25, -0.2) is 0 Å². The summed E-state index contributed by atoms with van der Waals surface area (Å²) in [5.74, 6) is -1.43. The minimum atomic E-state index is -0.466. The molecule has 0 bridgehead atoms. The quantitative estimate of drug-likeness (QED) is 0.725. The summed E-state index contributed by atoms with van der Waals surface area (Å²) in [5, 5.41) is 0. The number of carbonyl (C=O) groups is 4. The van der Waals surface area contributed by atoms with Crippen molar-refractivity contribution in [3.8, 4) is 0 Å². The molecular formula is C22H19N3O4. The van der Waals surface area contributed by atoms with E-state index in [4.69, 9.17) is 0 Å². The first-order valence-electron chi connectivity index (χ1n) is 9.65. The van der Waals surface area contributed by atoms with Gasteiger partial charge in [-0.05, 0) is 29.7 Å². The molecule has 1 fully saturated rings. The van der Waals surface area contributed by atoms with E-state index in [1.165, 1.54) is 10.5 Å². The smallest absolute Gasteiger partial charge is 0.262 e. The van der Waals surface area contributed by atoms with Crippen LogP contribution >= 0.6 is 0 Å². The minimum absolute atomic E-state index is 0.0271. The molecule has 0 saturated carbocycles. The van der Waals surface area contributed by atoms with Gasteiger partial charge < -0.3 is 9.80 Å². The Balaban J connectivity index is 1.36. The minimum Gasteiger partial charge on any atom is -0.332 e. The van der Waals surface area contributed by atoms with Crippen LogP contribution < -0.4 is 0 Å². The molecule has 29 heavy (non-hydrogen) atoms. The van der Waals surface area contributed by atoms with Crippen molar-refractivity contribution in [3.63, 3.8) is 0 Å². The second kappa shape index (κ2) is 6.55. The number of amides is 4. The van der Waals surface area contributed by atoms with E-state index >= 15 is 0 Å². The highest BCUT2D eigenvalue weighted by Gasteiger charge is 2.41. The van der Waals surface area contributed by atoms with Crippen LogP contribution in [0.5, 0.6) is 0 Å². The van der Waals surface area contributed by atoms with Crippen LogP contribution in [-0.2, 0) is 16.0 Å². The predicted molar refractivity (Wildman–Crippen MR) is 103 cm³/mol. The Hall–Kier alpha value is -3.48. The maximum absolute atomic E-state index is 12.9. The Morgan fingerprint density at radius 2 is 1.59 bits per heavy atom. The molecule has 3 aliphatic rings. The van der Waals surface area contributed by atoms with Gasteiger partial charge in [0.1, 0.15) is 6.54 Å². The summed E-state index contributed by atoms with van der Waals surface area (Å²) in [6.07, 6.45) is 0.807. The highest BCUT2D eigenvalue weighted by molar-refractivity contribution is 6.22. The van der Waals surface area contributed by atoms with Crippen LogP contribution in [0.3, 0.4) is 0 Å². The second-order valence-electron chi connectivity index (χ2n) is 7.57. The Labute approximate surface area is 167 Å². The molecule has 3 aliphatic heterocycles. The SMILES string of the molecule is O=C(CN1C(=O)c2ccccc2C1=O)N1CC(=O)N2CCc3ccccc3[C@@H]2C1. The van der Waals surface area contributed by atoms with Crippen LogP contribution in [0, 0.1) is 0 Å². The zero-order valence-corrected chi connectivity index (χ0v) is 15.7. The molecule has 0 radical (unpaired) electrons. The fraction of sp³-hybridized carbons (Fsp3) is 0.273. The van der Waals surface area contributed by atoms with Crippen molar-refractivity contribution in [2.75, 3.05) is 26.2 Å². The molecule has 146 valence electrons. The van der Waals surface area contributed by atoms with Crippen LogP contribution in [0.2, 0.25) is 0 Å². The number of imide groups is 1. The van der Waals surface area contributed by atoms with E-state index in [1.807, 2.05) is 23.1 Å². The molecule has 0 unspecified atom stereocenters. The normalized spacial score (nSPS) is 20.5. The maximum atomic E-state index is 12.9. The molecule has 1 atom stereocenters. The number of fused-ring (bicyclic) bond motifs is 4. The lowest BCUT2D eigenvalue weighted by Crippen LogP contribution is -2.57. The lowest BCUT2D eigenvalue weighted by molar-refractivity contribution is -0.149. The predicted octanol–water partition coefficient (Wildman–Crippen LogP) is 1.25. The van der Waals surface area contributed by atoms with Crippen LogP contribution in [-0.4, -0.2) is 64.5 Å². The average Bonchev–Trinajstić information content (AvgIpc) is 2.98. The van der Waals surface area contributed by atoms with Crippen LogP contribution in [0.1, 0.15) is 37.9 Å². The highest BCUT2D eigenvalue weighted by atomic mass is 16.2. The summed E-state index contributed by atoms with van der Waals surface area (Å²) >= 11 is 0. The summed E-state index contributed by atoms with van der Waals surface area (Å²) in [7, 11) is 0. The van der Waals surface area contributed by atoms with Gasteiger partial charge in [-0.15, -0.1) is 0 Å². The van der Waals surface area contributed by atoms with Gasteiger partial charge in [-0.2, -0.15) is 0 Å². The highest BCUT2D eigenvalue weighted by Crippen LogP contribution is 2.33. The van der Waals surface area contributed by atoms with Crippen LogP contribution in [0.25, 0.3) is 0 Å². The number of piperazine rings is 1. The number of benzene rings is 2. The molecule has 3 heterocycles. The fourth-order valence-electron chi connectivity index (χ4n) is 4.48. The van der Waals surface area contributed by atoms with E-state index in [1.54, 1.807) is 24.3 Å². The Kier molecular flexibility index (Phi) is 3.97. The van der Waals surface area contributed by atoms with Gasteiger partial charge in [0.25, 0.3) is 11.8 Å². The van der Waals surface area contributed by atoms with Gasteiger partial charge in [0.05, 0.1) is 23.7 Å². The Morgan fingerprint density at radius 1 is 0.931 bits per heavy atom. The zero-order chi connectivity index (χ0) is 20.1. The van der Waals surface area contributed by atoms with Gasteiger partial charge >= 0.3 is 0 Å². The molecular weight excluding hydrogens is 370 g/mol. The number of rotatable bonds is 2. The first-order chi connectivity index (χ1) is 14.0. The zero-order valence-electron chi connectivity index (χ0n) is 15.7. The van der Waals surface area contributed by atoms with Gasteiger partial charge in [0.15, 0.2) is 0 Å². The lowest BCUT2D eigenvalue weighted by Gasteiger charge is -2.44. The van der Waals surface area contributed by atoms with Gasteiger partial charge in [-0.1, -0.05) is 36.4 Å². The third-order valence-corrected chi connectivity index (χ3v) is 5.98. The van der Waals surface area contributed by atoms with E-state index in [0.717, 1.165) is 16.9 Å². The summed E-state index contributed by atoms with van der Waals surface area (Å²) < 4.78 is 0. The Bertz CT molecular complexity index is 1030. The summed E-state index contributed by atoms with van der Waals surface area (Å²) in [6.45, 7) is 0.625. The largest absolute Gasteiger partial charge is 0.332 e. The number of hydrogen-bond donors (Lipinski definition) is 0. The van der Waals surface area contributed by atoms with Gasteiger partial charge in [-0.3, -0.25) is 24.1 Å². The van der Waals surface area contributed by atoms with Gasteiger partial charge in [0, 0.05) is 13.1 Å². The average molecular weight is 389 g/mol. The van der Waals surface area contributed by atoms with Gasteiger partial charge in [0.2, 0.25) is 11.8 Å². The monoisotopic (exact) mass is 389 g/mol. The lowest BCUT2D eigenvalue weighted by atomic mass is 9.91. The van der Waals surface area contributed by atoms with E-state index in [9.17, 15) is 19.2 Å². The van der Waals surface area contributed by atoms with Crippen molar-refractivity contribution in [2.24, 2.45) is 0 Å². The summed E-state index contributed by atoms with van der Waals surface area (Å²) in [6, 6.07) is 14.3. The van der Waals surface area contributed by atoms with E-state index in [2.05, 4.69) is 6.07 Å². The molecule has 0 N–H and O–H groups in total. The second-order valence-corrected chi connectivity index (χ2v) is 7.57. The molecule has 0 aliphatic carbocycles. The molecule has 0 spiro atoms. The van der Waals surface area contributed by atoms with Crippen molar-refractivity contribution < 1.29 is 19.2 Å². The molecule has 2 aromatic carbocycles. The first-order valence-corrected chi connectivity index (χ1v) is 9.65. The number of carbonyl (C=O) groups excluding carboxylic acids is 4. The molecule has 1 saturated heterocycles. The standard InChI is InChI=1S/C22H19N3O4/c26-19(13-25-21(28)16-7-3-4-8-17(16)22(25)29)23-11-18-15-6-2-1-5-14(15)9-10-24(18)20(27)12-23/h1-8,18H,9-13H2/t18-/m0/s1. The van der Waals surface area contributed by atoms with E-state index in [0.29, 0.717) is 24.2 Å². The summed E-state index contributed by atoms with van der Waals surface area (Å²) in [4.78, 5) is 55.0. The third kappa shape index (κ3) is 2.73. The number of hydrogen-bond acceptors (Lipinski definition) is 4. The first kappa shape index (κ1) is 17.6. The van der Waals surface area contributed by atoms with Crippen LogP contribution in [0.15, 0.2) is 48.5 Å². The molecule has 7 heteroatoms. The molecule has 0 aromatic heterocycles. The third-order valence-electron chi connectivity index (χ3n) is 5.98. The maximum Gasteiger partial charge on any atom is 0.262 e. The molecule has 5 rings (SSSR count). The molecule has 4 amide bonds. The summed E-state index contributed by atoms with van der Waals surface area (Å²) in [5.41, 5.74) is 2.88. The molecule has 2 aromatic rings. The Morgan fingerprint density at radius 3 is 2.31 bits per heavy atom. The van der Waals surface area contributed by atoms with Crippen molar-refractivity contribution >= 4 is 23.6 Å². The van der Waals surface area contributed by atoms with Crippen molar-refractivity contribution in [3.05, 3.63) is 70.8 Å². The van der Waals surface area contributed by atoms with Crippen molar-refractivity contribution in [2.45, 2.75) is 12.5 Å². The van der Waals surface area contributed by atoms with Crippen LogP contribution in [0.4, 0.5) is 0 Å². The van der Waals surface area contributed by atoms with E-state index < -0.39 is 17.7 Å². The van der Waals surface area contributed by atoms with Crippen molar-refractivity contribution in [1.29, 1.82) is 0 Å². The topological polar surface area (TPSA) is 78.0 Å². The molecule has 7 nitrogen and oxygen atoms in total. The fourth-order valence-corrected chi connectivity index (χ4v) is 4.48. The number of nitrogens with zero attached hydrogens (tertiary/aromatic N) is 3.